The number of nitrogens with zero attached hydrogens (tertiary/aromatic N) is 2. The Kier molecular flexibility index (Phi) is 3.76. The number of rotatable bonds is 4. The third-order valence-corrected chi connectivity index (χ3v) is 5.00. The molecule has 0 N–H and O–H groups in total. The fraction of sp³-hybridized carbons (Fsp3) is 0.812. The lowest BCUT2D eigenvalue weighted by Crippen LogP contribution is -2.37. The lowest BCUT2D eigenvalue weighted by molar-refractivity contribution is -0.152. The monoisotopic (exact) mass is 292 g/mol. The van der Waals surface area contributed by atoms with Crippen molar-refractivity contribution in [3.05, 3.63) is 11.7 Å². The molecule has 2 fully saturated rings. The van der Waals surface area contributed by atoms with Crippen LogP contribution in [0.3, 0.4) is 0 Å². The quantitative estimate of drug-likeness (QED) is 0.629. The zero-order valence-corrected chi connectivity index (χ0v) is 13.0. The van der Waals surface area contributed by atoms with Gasteiger partial charge >= 0.3 is 5.97 Å². The maximum Gasteiger partial charge on any atom is 0.321 e. The molecule has 5 heteroatoms. The lowest BCUT2D eigenvalue weighted by atomic mass is 9.80. The van der Waals surface area contributed by atoms with Crippen molar-refractivity contribution in [1.82, 2.24) is 10.1 Å². The van der Waals surface area contributed by atoms with Gasteiger partial charge in [0.05, 0.1) is 6.61 Å². The van der Waals surface area contributed by atoms with Crippen molar-refractivity contribution in [3.63, 3.8) is 0 Å². The van der Waals surface area contributed by atoms with Crippen molar-refractivity contribution in [2.45, 2.75) is 76.0 Å². The van der Waals surface area contributed by atoms with Gasteiger partial charge in [0.15, 0.2) is 5.82 Å². The van der Waals surface area contributed by atoms with Crippen LogP contribution in [0.1, 0.15) is 76.9 Å². The van der Waals surface area contributed by atoms with Gasteiger partial charge in [-0.05, 0) is 32.6 Å². The Hall–Kier alpha value is -1.39. The molecule has 21 heavy (non-hydrogen) atoms. The molecule has 0 aliphatic heterocycles. The van der Waals surface area contributed by atoms with Crippen molar-refractivity contribution in [1.29, 1.82) is 0 Å². The second-order valence-corrected chi connectivity index (χ2v) is 6.70. The summed E-state index contributed by atoms with van der Waals surface area (Å²) in [6.45, 7) is 4.37. The SMILES string of the molecule is CCOC(=O)C1(c2nc(C3(C)CC3)no2)CCCCCC1. The molecule has 0 unspecified atom stereocenters. The first-order valence-electron chi connectivity index (χ1n) is 8.13. The lowest BCUT2D eigenvalue weighted by Gasteiger charge is -2.26. The Morgan fingerprint density at radius 2 is 1.86 bits per heavy atom. The molecule has 1 aromatic heterocycles. The van der Waals surface area contributed by atoms with E-state index in [0.717, 1.165) is 57.2 Å². The zero-order chi connectivity index (χ0) is 14.9. The van der Waals surface area contributed by atoms with Gasteiger partial charge in [-0.25, -0.2) is 0 Å². The minimum Gasteiger partial charge on any atom is -0.465 e. The normalized spacial score (nSPS) is 23.3. The van der Waals surface area contributed by atoms with E-state index in [0.29, 0.717) is 12.5 Å². The highest BCUT2D eigenvalue weighted by Gasteiger charge is 2.49. The van der Waals surface area contributed by atoms with Crippen molar-refractivity contribution in [2.75, 3.05) is 6.61 Å². The molecule has 0 atom stereocenters. The smallest absolute Gasteiger partial charge is 0.321 e. The number of carbonyl (C=O) groups excluding carboxylic acids is 1. The summed E-state index contributed by atoms with van der Waals surface area (Å²) in [6.07, 6.45) is 8.02. The topological polar surface area (TPSA) is 65.2 Å². The number of esters is 1. The Morgan fingerprint density at radius 1 is 1.19 bits per heavy atom. The van der Waals surface area contributed by atoms with E-state index in [1.54, 1.807) is 0 Å². The van der Waals surface area contributed by atoms with Crippen LogP contribution in [-0.2, 0) is 20.4 Å². The van der Waals surface area contributed by atoms with Gasteiger partial charge in [0.2, 0.25) is 5.89 Å². The average Bonchev–Trinajstić information content (AvgIpc) is 3.11. The minimum absolute atomic E-state index is 0.0579. The molecule has 3 rings (SSSR count). The van der Waals surface area contributed by atoms with Crippen LogP contribution in [0.4, 0.5) is 0 Å². The van der Waals surface area contributed by atoms with Crippen molar-refractivity contribution >= 4 is 5.97 Å². The molecule has 5 nitrogen and oxygen atoms in total. The van der Waals surface area contributed by atoms with Crippen LogP contribution >= 0.6 is 0 Å². The summed E-state index contributed by atoms with van der Waals surface area (Å²) in [5.74, 6) is 1.04. The summed E-state index contributed by atoms with van der Waals surface area (Å²) in [5.41, 5.74) is -0.661. The summed E-state index contributed by atoms with van der Waals surface area (Å²) in [6, 6.07) is 0. The molecule has 1 aromatic rings. The first kappa shape index (κ1) is 14.5. The molecule has 0 saturated heterocycles. The van der Waals surface area contributed by atoms with Gasteiger partial charge < -0.3 is 9.26 Å². The van der Waals surface area contributed by atoms with Gasteiger partial charge in [0, 0.05) is 5.41 Å². The Morgan fingerprint density at radius 3 is 2.43 bits per heavy atom. The van der Waals surface area contributed by atoms with Gasteiger partial charge in [0.1, 0.15) is 5.41 Å². The van der Waals surface area contributed by atoms with E-state index in [2.05, 4.69) is 17.1 Å². The summed E-state index contributed by atoms with van der Waals surface area (Å²) >= 11 is 0. The van der Waals surface area contributed by atoms with E-state index < -0.39 is 5.41 Å². The molecule has 0 aromatic carbocycles. The average molecular weight is 292 g/mol. The zero-order valence-electron chi connectivity index (χ0n) is 13.0. The molecule has 0 spiro atoms. The molecule has 2 saturated carbocycles. The first-order valence-corrected chi connectivity index (χ1v) is 8.13. The second kappa shape index (κ2) is 5.43. The highest BCUT2D eigenvalue weighted by Crippen LogP contribution is 2.47. The number of hydrogen-bond acceptors (Lipinski definition) is 5. The van der Waals surface area contributed by atoms with Crippen LogP contribution < -0.4 is 0 Å². The fourth-order valence-corrected chi connectivity index (χ4v) is 3.18. The summed E-state index contributed by atoms with van der Waals surface area (Å²) in [5, 5.41) is 4.15. The number of hydrogen-bond donors (Lipinski definition) is 0. The minimum atomic E-state index is -0.719. The fourth-order valence-electron chi connectivity index (χ4n) is 3.18. The van der Waals surface area contributed by atoms with Crippen LogP contribution in [0.25, 0.3) is 0 Å². The van der Waals surface area contributed by atoms with Crippen LogP contribution in [0.15, 0.2) is 4.52 Å². The maximum atomic E-state index is 12.6. The second-order valence-electron chi connectivity index (χ2n) is 6.70. The molecule has 2 aliphatic rings. The standard InChI is InChI=1S/C16H24N2O3/c1-3-20-14(19)16(8-6-4-5-7-9-16)13-17-12(18-21-13)15(2)10-11-15/h3-11H2,1-2H3. The molecule has 2 aliphatic carbocycles. The van der Waals surface area contributed by atoms with Crippen LogP contribution in [0.2, 0.25) is 0 Å². The van der Waals surface area contributed by atoms with Crippen LogP contribution in [-0.4, -0.2) is 22.7 Å². The third-order valence-electron chi connectivity index (χ3n) is 5.00. The van der Waals surface area contributed by atoms with Crippen LogP contribution in [0, 0.1) is 0 Å². The maximum absolute atomic E-state index is 12.6. The van der Waals surface area contributed by atoms with E-state index in [1.807, 2.05) is 6.92 Å². The highest BCUT2D eigenvalue weighted by molar-refractivity contribution is 5.81. The van der Waals surface area contributed by atoms with Gasteiger partial charge in [-0.3, -0.25) is 4.79 Å². The van der Waals surface area contributed by atoms with Crippen molar-refractivity contribution in [2.24, 2.45) is 0 Å². The third kappa shape index (κ3) is 2.58. The predicted molar refractivity (Wildman–Crippen MR) is 76.9 cm³/mol. The first-order chi connectivity index (χ1) is 10.1. The molecule has 0 bridgehead atoms. The molecule has 0 radical (unpaired) electrons. The Bertz CT molecular complexity index is 511. The molecular weight excluding hydrogens is 268 g/mol. The summed E-state index contributed by atoms with van der Waals surface area (Å²) in [4.78, 5) is 17.2. The van der Waals surface area contributed by atoms with Gasteiger partial charge in [-0.15, -0.1) is 0 Å². The Labute approximate surface area is 125 Å². The Balaban J connectivity index is 1.93. The molecular formula is C16H24N2O3. The van der Waals surface area contributed by atoms with E-state index >= 15 is 0 Å². The summed E-state index contributed by atoms with van der Waals surface area (Å²) in [7, 11) is 0. The number of carbonyl (C=O) groups is 1. The van der Waals surface area contributed by atoms with Gasteiger partial charge in [0.25, 0.3) is 0 Å². The van der Waals surface area contributed by atoms with E-state index in [-0.39, 0.29) is 11.4 Å². The van der Waals surface area contributed by atoms with Gasteiger partial charge in [-0.1, -0.05) is 37.8 Å². The molecule has 1 heterocycles. The van der Waals surface area contributed by atoms with Crippen molar-refractivity contribution < 1.29 is 14.1 Å². The van der Waals surface area contributed by atoms with Gasteiger partial charge in [-0.2, -0.15) is 4.98 Å². The predicted octanol–water partition coefficient (Wildman–Crippen LogP) is 3.28. The largest absolute Gasteiger partial charge is 0.465 e. The van der Waals surface area contributed by atoms with E-state index in [4.69, 9.17) is 9.26 Å². The number of aromatic nitrogens is 2. The number of ether oxygens (including phenoxy) is 1. The van der Waals surface area contributed by atoms with Crippen molar-refractivity contribution in [3.8, 4) is 0 Å². The van der Waals surface area contributed by atoms with E-state index in [1.165, 1.54) is 0 Å². The summed E-state index contributed by atoms with van der Waals surface area (Å²) < 4.78 is 10.9. The molecule has 0 amide bonds. The van der Waals surface area contributed by atoms with Crippen LogP contribution in [0.5, 0.6) is 0 Å². The van der Waals surface area contributed by atoms with E-state index in [9.17, 15) is 4.79 Å². The highest BCUT2D eigenvalue weighted by atomic mass is 16.5. The molecule has 116 valence electrons.